The fraction of sp³-hybridized carbons (Fsp3) is 0.375. The second-order valence-electron chi connectivity index (χ2n) is 3.25. The Morgan fingerprint density at radius 2 is 2.33 bits per heavy atom. The van der Waals surface area contributed by atoms with Gasteiger partial charge < -0.3 is 5.11 Å². The summed E-state index contributed by atoms with van der Waals surface area (Å²) in [5.41, 5.74) is -0.431. The maximum Gasteiger partial charge on any atom is 0.253 e. The van der Waals surface area contributed by atoms with Crippen molar-refractivity contribution in [2.24, 2.45) is 0 Å². The van der Waals surface area contributed by atoms with Crippen LogP contribution in [0.5, 0.6) is 0 Å². The summed E-state index contributed by atoms with van der Waals surface area (Å²) in [6.45, 7) is 0.127. The Balaban J connectivity index is 2.37. The lowest BCUT2D eigenvalue weighted by Gasteiger charge is -2.13. The molecule has 15 heavy (non-hydrogen) atoms. The molecule has 1 aromatic heterocycles. The number of carbonyl (C=O) groups is 1. The maximum atomic E-state index is 11.4. The number of H-pyrrole nitrogens is 1. The second-order valence-corrected chi connectivity index (χ2v) is 3.64. The number of anilines is 1. The molecule has 1 fully saturated rings. The Hall–Kier alpha value is -1.40. The Kier molecular flexibility index (Phi) is 2.45. The second kappa shape index (κ2) is 3.63. The highest BCUT2D eigenvalue weighted by atomic mass is 35.5. The van der Waals surface area contributed by atoms with E-state index in [9.17, 15) is 14.7 Å². The first-order valence-corrected chi connectivity index (χ1v) is 4.69. The van der Waals surface area contributed by atoms with Crippen molar-refractivity contribution in [2.75, 3.05) is 11.4 Å². The summed E-state index contributed by atoms with van der Waals surface area (Å²) in [7, 11) is 0. The number of halogens is 1. The molecule has 0 saturated carbocycles. The zero-order valence-electron chi connectivity index (χ0n) is 7.61. The number of hydrogen-bond acceptors (Lipinski definition) is 4. The lowest BCUT2D eigenvalue weighted by atomic mass is 10.3. The molecule has 2 rings (SSSR count). The predicted octanol–water partition coefficient (Wildman–Crippen LogP) is -0.479. The molecule has 0 spiro atoms. The number of aromatic amines is 1. The van der Waals surface area contributed by atoms with Crippen molar-refractivity contribution < 1.29 is 9.90 Å². The molecule has 2 heterocycles. The van der Waals surface area contributed by atoms with Gasteiger partial charge >= 0.3 is 0 Å². The van der Waals surface area contributed by atoms with Crippen molar-refractivity contribution in [1.29, 1.82) is 0 Å². The first-order valence-electron chi connectivity index (χ1n) is 4.31. The molecule has 0 aliphatic carbocycles. The van der Waals surface area contributed by atoms with Crippen LogP contribution in [-0.2, 0) is 4.79 Å². The summed E-state index contributed by atoms with van der Waals surface area (Å²) in [6.07, 6.45) is -0.683. The highest BCUT2D eigenvalue weighted by molar-refractivity contribution is 6.29. The van der Waals surface area contributed by atoms with Crippen LogP contribution in [-0.4, -0.2) is 33.6 Å². The predicted molar refractivity (Wildman–Crippen MR) is 52.8 cm³/mol. The molecule has 2 N–H and O–H groups in total. The fourth-order valence-corrected chi connectivity index (χ4v) is 1.62. The number of aromatic nitrogens is 2. The van der Waals surface area contributed by atoms with Crippen molar-refractivity contribution in [2.45, 2.75) is 12.5 Å². The molecule has 1 unspecified atom stereocenters. The summed E-state index contributed by atoms with van der Waals surface area (Å²) in [5.74, 6) is -0.207. The Morgan fingerprint density at radius 1 is 1.60 bits per heavy atom. The molecule has 0 aromatic carbocycles. The topological polar surface area (TPSA) is 86.3 Å². The van der Waals surface area contributed by atoms with Gasteiger partial charge in [-0.1, -0.05) is 11.6 Å². The van der Waals surface area contributed by atoms with Gasteiger partial charge in [-0.3, -0.25) is 19.5 Å². The van der Waals surface area contributed by atoms with Crippen molar-refractivity contribution >= 4 is 23.5 Å². The summed E-state index contributed by atoms with van der Waals surface area (Å²) in [5, 5.41) is 9.27. The summed E-state index contributed by atoms with van der Waals surface area (Å²) in [6, 6.07) is 1.11. The number of rotatable bonds is 1. The minimum absolute atomic E-state index is 0.0166. The molecule has 1 aliphatic heterocycles. The zero-order chi connectivity index (χ0) is 11.0. The third-order valence-corrected chi connectivity index (χ3v) is 2.25. The van der Waals surface area contributed by atoms with E-state index in [1.165, 1.54) is 4.90 Å². The van der Waals surface area contributed by atoms with E-state index in [1.54, 1.807) is 0 Å². The molecule has 1 aromatic rings. The van der Waals surface area contributed by atoms with E-state index in [-0.39, 0.29) is 30.0 Å². The fourth-order valence-electron chi connectivity index (χ4n) is 1.44. The van der Waals surface area contributed by atoms with E-state index in [4.69, 9.17) is 11.6 Å². The average Bonchev–Trinajstić information content (AvgIpc) is 2.43. The number of nitrogens with one attached hydrogen (secondary N) is 1. The van der Waals surface area contributed by atoms with Gasteiger partial charge in [0.2, 0.25) is 11.9 Å². The molecule has 1 amide bonds. The quantitative estimate of drug-likeness (QED) is 0.637. The standard InChI is InChI=1S/C8H8ClN3O3/c9-5-2-6(14)11-8(10-5)12-3-4(13)1-7(12)15/h2,4,13H,1,3H2,(H,10,11,14). The minimum atomic E-state index is -0.721. The Bertz CT molecular complexity index is 459. The summed E-state index contributed by atoms with van der Waals surface area (Å²) >= 11 is 5.58. The first-order chi connectivity index (χ1) is 7.06. The van der Waals surface area contributed by atoms with Crippen LogP contribution in [0.4, 0.5) is 5.95 Å². The van der Waals surface area contributed by atoms with E-state index < -0.39 is 11.7 Å². The Morgan fingerprint density at radius 3 is 2.87 bits per heavy atom. The number of β-amino-alcohol motifs (C(OH)–C–C–N with tert-alkyl or cyclic N) is 1. The van der Waals surface area contributed by atoms with Gasteiger partial charge in [0.15, 0.2) is 0 Å². The number of hydrogen-bond donors (Lipinski definition) is 2. The highest BCUT2D eigenvalue weighted by Crippen LogP contribution is 2.17. The summed E-state index contributed by atoms with van der Waals surface area (Å²) in [4.78, 5) is 29.8. The normalized spacial score (nSPS) is 21.1. The van der Waals surface area contributed by atoms with E-state index >= 15 is 0 Å². The SMILES string of the molecule is O=C1CC(O)CN1c1nc(Cl)cc(=O)[nH]1. The lowest BCUT2D eigenvalue weighted by Crippen LogP contribution is -2.29. The van der Waals surface area contributed by atoms with Crippen LogP contribution in [0.1, 0.15) is 6.42 Å². The van der Waals surface area contributed by atoms with Crippen molar-refractivity contribution in [1.82, 2.24) is 9.97 Å². The molecule has 0 bridgehead atoms. The van der Waals surface area contributed by atoms with Crippen molar-refractivity contribution in [3.63, 3.8) is 0 Å². The smallest absolute Gasteiger partial charge is 0.253 e. The van der Waals surface area contributed by atoms with Crippen molar-refractivity contribution in [3.8, 4) is 0 Å². The van der Waals surface area contributed by atoms with Gasteiger partial charge in [-0.2, -0.15) is 0 Å². The van der Waals surface area contributed by atoms with Gasteiger partial charge in [0.05, 0.1) is 19.1 Å². The van der Waals surface area contributed by atoms with Crippen LogP contribution < -0.4 is 10.5 Å². The van der Waals surface area contributed by atoms with Crippen LogP contribution in [0, 0.1) is 0 Å². The number of nitrogens with zero attached hydrogens (tertiary/aromatic N) is 2. The number of aliphatic hydroxyl groups is 1. The first kappa shape index (κ1) is 10.1. The van der Waals surface area contributed by atoms with Crippen molar-refractivity contribution in [3.05, 3.63) is 21.6 Å². The summed E-state index contributed by atoms with van der Waals surface area (Å²) < 4.78 is 0. The molecule has 6 nitrogen and oxygen atoms in total. The molecule has 1 aliphatic rings. The van der Waals surface area contributed by atoms with E-state index in [2.05, 4.69) is 9.97 Å². The molecule has 7 heteroatoms. The van der Waals surface area contributed by atoms with Gasteiger partial charge in [0.25, 0.3) is 5.56 Å². The monoisotopic (exact) mass is 229 g/mol. The highest BCUT2D eigenvalue weighted by Gasteiger charge is 2.30. The molecular weight excluding hydrogens is 222 g/mol. The molecule has 0 radical (unpaired) electrons. The maximum absolute atomic E-state index is 11.4. The van der Waals surface area contributed by atoms with E-state index in [0.29, 0.717) is 0 Å². The number of carbonyl (C=O) groups excluding carboxylic acids is 1. The third-order valence-electron chi connectivity index (χ3n) is 2.06. The zero-order valence-corrected chi connectivity index (χ0v) is 8.36. The van der Waals surface area contributed by atoms with Crippen LogP contribution >= 0.6 is 11.6 Å². The van der Waals surface area contributed by atoms with Gasteiger partial charge in [0.1, 0.15) is 5.15 Å². The Labute approximate surface area is 89.5 Å². The van der Waals surface area contributed by atoms with Crippen LogP contribution in [0.15, 0.2) is 10.9 Å². The number of amides is 1. The van der Waals surface area contributed by atoms with Crippen LogP contribution in [0.3, 0.4) is 0 Å². The van der Waals surface area contributed by atoms with Crippen LogP contribution in [0.2, 0.25) is 5.15 Å². The van der Waals surface area contributed by atoms with Gasteiger partial charge in [-0.15, -0.1) is 0 Å². The molecule has 80 valence electrons. The largest absolute Gasteiger partial charge is 0.391 e. The van der Waals surface area contributed by atoms with E-state index in [0.717, 1.165) is 6.07 Å². The minimum Gasteiger partial charge on any atom is -0.391 e. The molecule has 1 atom stereocenters. The average molecular weight is 230 g/mol. The third kappa shape index (κ3) is 2.00. The molecule has 1 saturated heterocycles. The van der Waals surface area contributed by atoms with Gasteiger partial charge in [-0.25, -0.2) is 4.98 Å². The van der Waals surface area contributed by atoms with Gasteiger partial charge in [0, 0.05) is 6.07 Å². The van der Waals surface area contributed by atoms with Crippen LogP contribution in [0.25, 0.3) is 0 Å². The van der Waals surface area contributed by atoms with Gasteiger partial charge in [-0.05, 0) is 0 Å². The van der Waals surface area contributed by atoms with E-state index in [1.807, 2.05) is 0 Å². The number of aliphatic hydroxyl groups excluding tert-OH is 1. The lowest BCUT2D eigenvalue weighted by molar-refractivity contribution is -0.117. The molecular formula is C8H8ClN3O3.